The zero-order chi connectivity index (χ0) is 20.8. The number of fused-ring (bicyclic) bond motifs is 1. The molecule has 0 spiro atoms. The van der Waals surface area contributed by atoms with Gasteiger partial charge in [0.15, 0.2) is 0 Å². The molecule has 162 valence electrons. The summed E-state index contributed by atoms with van der Waals surface area (Å²) in [4.78, 5) is 28.7. The maximum Gasteiger partial charge on any atom is 0.261 e. The molecule has 1 heterocycles. The van der Waals surface area contributed by atoms with E-state index in [-0.39, 0.29) is 24.2 Å². The molecule has 1 aliphatic rings. The fraction of sp³-hybridized carbons (Fsp3) is 0.391. The number of ether oxygens (including phenoxy) is 1. The fourth-order valence-electron chi connectivity index (χ4n) is 3.73. The van der Waals surface area contributed by atoms with Gasteiger partial charge < -0.3 is 9.64 Å². The van der Waals surface area contributed by atoms with E-state index in [1.807, 2.05) is 18.2 Å². The first-order valence-corrected chi connectivity index (χ1v) is 10.4. The standard InChI is InChI=1S/C23H27ClN2O3.ClH/c1-3-13-25(16-12-17-8-6-11-20(29-2)21(17)24)14-7-15-26-22(27)18-9-4-5-10-19(18)23(26)28;/h4-6,8-11H,3,7,12-16H2,1-2H3;1H. The van der Waals surface area contributed by atoms with Crippen molar-refractivity contribution in [3.05, 3.63) is 64.2 Å². The summed E-state index contributed by atoms with van der Waals surface area (Å²) in [7, 11) is 1.62. The van der Waals surface area contributed by atoms with Crippen LogP contribution in [0.2, 0.25) is 5.02 Å². The van der Waals surface area contributed by atoms with Gasteiger partial charge in [-0.15, -0.1) is 12.4 Å². The van der Waals surface area contributed by atoms with Crippen LogP contribution >= 0.6 is 24.0 Å². The van der Waals surface area contributed by atoms with E-state index in [0.717, 1.165) is 44.5 Å². The van der Waals surface area contributed by atoms with Crippen LogP contribution in [0, 0.1) is 0 Å². The highest BCUT2D eigenvalue weighted by molar-refractivity contribution is 6.32. The summed E-state index contributed by atoms with van der Waals surface area (Å²) in [6, 6.07) is 12.9. The second-order valence-corrected chi connectivity index (χ2v) is 7.56. The molecule has 2 aromatic carbocycles. The summed E-state index contributed by atoms with van der Waals surface area (Å²) >= 11 is 6.41. The Balaban J connectivity index is 0.00000320. The third-order valence-electron chi connectivity index (χ3n) is 5.23. The van der Waals surface area contributed by atoms with E-state index in [1.165, 1.54) is 4.90 Å². The van der Waals surface area contributed by atoms with Gasteiger partial charge in [-0.3, -0.25) is 14.5 Å². The summed E-state index contributed by atoms with van der Waals surface area (Å²) < 4.78 is 5.29. The van der Waals surface area contributed by atoms with Gasteiger partial charge in [0.25, 0.3) is 11.8 Å². The number of carbonyl (C=O) groups is 2. The Morgan fingerprint density at radius 3 is 2.23 bits per heavy atom. The molecule has 0 bridgehead atoms. The van der Waals surface area contributed by atoms with Crippen LogP contribution in [-0.2, 0) is 6.42 Å². The molecular weight excluding hydrogens is 423 g/mol. The first-order valence-electron chi connectivity index (χ1n) is 10.1. The van der Waals surface area contributed by atoms with Crippen molar-refractivity contribution in [2.75, 3.05) is 33.3 Å². The molecule has 1 aliphatic heterocycles. The molecule has 3 rings (SSSR count). The Labute approximate surface area is 189 Å². The predicted molar refractivity (Wildman–Crippen MR) is 122 cm³/mol. The van der Waals surface area contributed by atoms with Crippen LogP contribution in [-0.4, -0.2) is 54.9 Å². The Kier molecular flexibility index (Phi) is 9.15. The molecule has 0 atom stereocenters. The van der Waals surface area contributed by atoms with Crippen molar-refractivity contribution >= 4 is 35.8 Å². The van der Waals surface area contributed by atoms with Gasteiger partial charge in [0.2, 0.25) is 0 Å². The molecule has 0 unspecified atom stereocenters. The second kappa shape index (κ2) is 11.3. The number of nitrogens with zero attached hydrogens (tertiary/aromatic N) is 2. The quantitative estimate of drug-likeness (QED) is 0.491. The van der Waals surface area contributed by atoms with E-state index in [0.29, 0.717) is 28.4 Å². The highest BCUT2D eigenvalue weighted by atomic mass is 35.5. The number of carbonyl (C=O) groups excluding carboxylic acids is 2. The lowest BCUT2D eigenvalue weighted by molar-refractivity contribution is 0.0647. The molecule has 0 radical (unpaired) electrons. The largest absolute Gasteiger partial charge is 0.495 e. The van der Waals surface area contributed by atoms with Crippen LogP contribution in [0.3, 0.4) is 0 Å². The Morgan fingerprint density at radius 2 is 1.63 bits per heavy atom. The number of hydrogen-bond acceptors (Lipinski definition) is 4. The van der Waals surface area contributed by atoms with Gasteiger partial charge in [0.05, 0.1) is 23.3 Å². The van der Waals surface area contributed by atoms with E-state index in [4.69, 9.17) is 16.3 Å². The first kappa shape index (κ1) is 24.2. The Hall–Kier alpha value is -2.08. The van der Waals surface area contributed by atoms with E-state index in [9.17, 15) is 9.59 Å². The van der Waals surface area contributed by atoms with E-state index >= 15 is 0 Å². The van der Waals surface area contributed by atoms with E-state index in [2.05, 4.69) is 11.8 Å². The Bertz CT molecular complexity index is 854. The minimum atomic E-state index is -0.184. The number of benzene rings is 2. The van der Waals surface area contributed by atoms with E-state index < -0.39 is 0 Å². The van der Waals surface area contributed by atoms with Crippen molar-refractivity contribution in [2.45, 2.75) is 26.2 Å². The Morgan fingerprint density at radius 1 is 0.967 bits per heavy atom. The summed E-state index contributed by atoms with van der Waals surface area (Å²) in [6.45, 7) is 5.23. The number of amides is 2. The minimum Gasteiger partial charge on any atom is -0.495 e. The summed E-state index contributed by atoms with van der Waals surface area (Å²) in [5.41, 5.74) is 2.08. The number of rotatable bonds is 10. The average molecular weight is 451 g/mol. The van der Waals surface area contributed by atoms with Gasteiger partial charge in [-0.25, -0.2) is 0 Å². The smallest absolute Gasteiger partial charge is 0.261 e. The highest BCUT2D eigenvalue weighted by Gasteiger charge is 2.34. The third-order valence-corrected chi connectivity index (χ3v) is 5.66. The minimum absolute atomic E-state index is 0. The third kappa shape index (κ3) is 5.34. The number of methoxy groups -OCH3 is 1. The van der Waals surface area contributed by atoms with Crippen LogP contribution in [0.5, 0.6) is 5.75 Å². The molecule has 2 aromatic rings. The predicted octanol–water partition coefficient (Wildman–Crippen LogP) is 4.71. The van der Waals surface area contributed by atoms with Gasteiger partial charge in [-0.05, 0) is 56.1 Å². The lowest BCUT2D eigenvalue weighted by atomic mass is 10.1. The zero-order valence-electron chi connectivity index (χ0n) is 17.4. The van der Waals surface area contributed by atoms with Crippen LogP contribution in [0.25, 0.3) is 0 Å². The zero-order valence-corrected chi connectivity index (χ0v) is 19.0. The average Bonchev–Trinajstić information content (AvgIpc) is 2.98. The number of halogens is 2. The highest BCUT2D eigenvalue weighted by Crippen LogP contribution is 2.28. The van der Waals surface area contributed by atoms with Crippen LogP contribution in [0.1, 0.15) is 46.0 Å². The molecule has 0 aromatic heterocycles. The molecule has 5 nitrogen and oxygen atoms in total. The lowest BCUT2D eigenvalue weighted by Gasteiger charge is -2.23. The van der Waals surface area contributed by atoms with Crippen LogP contribution in [0.15, 0.2) is 42.5 Å². The molecule has 0 fully saturated rings. The molecule has 7 heteroatoms. The van der Waals surface area contributed by atoms with Crippen LogP contribution < -0.4 is 4.74 Å². The summed E-state index contributed by atoms with van der Waals surface area (Å²) in [5.74, 6) is 0.323. The van der Waals surface area contributed by atoms with Gasteiger partial charge >= 0.3 is 0 Å². The maximum absolute atomic E-state index is 12.5. The lowest BCUT2D eigenvalue weighted by Crippen LogP contribution is -2.34. The molecule has 0 aliphatic carbocycles. The van der Waals surface area contributed by atoms with Gasteiger partial charge in [-0.1, -0.05) is 42.8 Å². The molecular formula is C23H28Cl2N2O3. The molecule has 0 N–H and O–H groups in total. The molecule has 0 saturated heterocycles. The molecule has 2 amide bonds. The van der Waals surface area contributed by atoms with Gasteiger partial charge in [0.1, 0.15) is 5.75 Å². The van der Waals surface area contributed by atoms with Crippen molar-refractivity contribution in [2.24, 2.45) is 0 Å². The molecule has 0 saturated carbocycles. The van der Waals surface area contributed by atoms with Crippen molar-refractivity contribution in [1.82, 2.24) is 9.80 Å². The summed E-state index contributed by atoms with van der Waals surface area (Å²) in [5, 5.41) is 0.664. The van der Waals surface area contributed by atoms with Gasteiger partial charge in [0, 0.05) is 13.1 Å². The topological polar surface area (TPSA) is 49.9 Å². The SMILES string of the molecule is CCCN(CCCN1C(=O)c2ccccc2C1=O)CCc1cccc(OC)c1Cl.Cl. The van der Waals surface area contributed by atoms with Crippen molar-refractivity contribution in [3.63, 3.8) is 0 Å². The number of hydrogen-bond donors (Lipinski definition) is 0. The fourth-order valence-corrected chi connectivity index (χ4v) is 4.03. The maximum atomic E-state index is 12.5. The van der Waals surface area contributed by atoms with Crippen LogP contribution in [0.4, 0.5) is 0 Å². The monoisotopic (exact) mass is 450 g/mol. The van der Waals surface area contributed by atoms with Crippen molar-refractivity contribution in [3.8, 4) is 5.75 Å². The first-order chi connectivity index (χ1) is 14.1. The number of imide groups is 1. The van der Waals surface area contributed by atoms with Crippen molar-refractivity contribution < 1.29 is 14.3 Å². The summed E-state index contributed by atoms with van der Waals surface area (Å²) in [6.07, 6.45) is 2.61. The van der Waals surface area contributed by atoms with Crippen molar-refractivity contribution in [1.29, 1.82) is 0 Å². The normalized spacial score (nSPS) is 12.9. The second-order valence-electron chi connectivity index (χ2n) is 7.19. The molecule has 30 heavy (non-hydrogen) atoms. The van der Waals surface area contributed by atoms with Gasteiger partial charge in [-0.2, -0.15) is 0 Å². The van der Waals surface area contributed by atoms with E-state index in [1.54, 1.807) is 31.4 Å².